The van der Waals surface area contributed by atoms with E-state index in [1.807, 2.05) is 25.0 Å². The van der Waals surface area contributed by atoms with Crippen LogP contribution in [-0.2, 0) is 13.7 Å². The Balaban J connectivity index is 1.96. The van der Waals surface area contributed by atoms with Gasteiger partial charge in [0, 0.05) is 0 Å². The second-order valence-corrected chi connectivity index (χ2v) is 11.5. The van der Waals surface area contributed by atoms with Crippen molar-refractivity contribution in [1.29, 1.82) is 0 Å². The Hall–Kier alpha value is -1.92. The van der Waals surface area contributed by atoms with Gasteiger partial charge in [-0.25, -0.2) is 0 Å². The van der Waals surface area contributed by atoms with E-state index in [1.165, 1.54) is 10.4 Å². The first kappa shape index (κ1) is 23.7. The van der Waals surface area contributed by atoms with Crippen LogP contribution in [0.2, 0.25) is 0 Å². The fourth-order valence-corrected chi connectivity index (χ4v) is 5.79. The second kappa shape index (κ2) is 8.91. The lowest BCUT2D eigenvalue weighted by atomic mass is 9.80. The van der Waals surface area contributed by atoms with Crippen molar-refractivity contribution in [3.05, 3.63) is 84.4 Å². The van der Waals surface area contributed by atoms with Crippen molar-refractivity contribution in [2.45, 2.75) is 65.3 Å². The quantitative estimate of drug-likeness (QED) is 0.467. The standard InChI is InChI=1S/C26H34BO3Si/c1-20(2)26(8,21(3)19-27-28-24(4,5)25(6,7)29-27)30-31(22-15-11-9-12-16-22)23-17-13-10-14-18-23/h9-19H,1H2,2-8H3/b21-19+. The molecule has 5 heteroatoms. The molecule has 0 saturated carbocycles. The zero-order valence-corrected chi connectivity index (χ0v) is 20.9. The van der Waals surface area contributed by atoms with Crippen LogP contribution in [0.25, 0.3) is 0 Å². The summed E-state index contributed by atoms with van der Waals surface area (Å²) in [5, 5.41) is 2.41. The molecule has 1 fully saturated rings. The maximum absolute atomic E-state index is 6.97. The lowest BCUT2D eigenvalue weighted by Crippen LogP contribution is -2.51. The molecule has 0 spiro atoms. The first-order valence-electron chi connectivity index (χ1n) is 10.8. The molecule has 1 radical (unpaired) electrons. The van der Waals surface area contributed by atoms with E-state index in [0.717, 1.165) is 11.1 Å². The predicted octanol–water partition coefficient (Wildman–Crippen LogP) is 4.72. The minimum atomic E-state index is -1.51. The molecule has 0 aromatic heterocycles. The van der Waals surface area contributed by atoms with Crippen LogP contribution in [0.1, 0.15) is 48.5 Å². The smallest absolute Gasteiger partial charge is 0.400 e. The highest BCUT2D eigenvalue weighted by atomic mass is 28.3. The van der Waals surface area contributed by atoms with Crippen LogP contribution < -0.4 is 10.4 Å². The van der Waals surface area contributed by atoms with Crippen molar-refractivity contribution in [3.8, 4) is 0 Å². The van der Waals surface area contributed by atoms with E-state index in [4.69, 9.17) is 13.7 Å². The van der Waals surface area contributed by atoms with Crippen molar-refractivity contribution in [3.63, 3.8) is 0 Å². The highest BCUT2D eigenvalue weighted by Crippen LogP contribution is 2.38. The van der Waals surface area contributed by atoms with Gasteiger partial charge in [0.25, 0.3) is 9.04 Å². The van der Waals surface area contributed by atoms with Gasteiger partial charge in [-0.05, 0) is 70.0 Å². The molecule has 3 nitrogen and oxygen atoms in total. The van der Waals surface area contributed by atoms with E-state index in [2.05, 4.69) is 96.7 Å². The van der Waals surface area contributed by atoms with Crippen molar-refractivity contribution in [2.75, 3.05) is 0 Å². The Kier molecular flexibility index (Phi) is 6.82. The molecule has 0 N–H and O–H groups in total. The van der Waals surface area contributed by atoms with Gasteiger partial charge in [0.15, 0.2) is 0 Å². The van der Waals surface area contributed by atoms with Crippen molar-refractivity contribution < 1.29 is 13.7 Å². The fourth-order valence-electron chi connectivity index (χ4n) is 3.49. The largest absolute Gasteiger partial charge is 0.487 e. The molecule has 0 bridgehead atoms. The molecule has 1 atom stereocenters. The summed E-state index contributed by atoms with van der Waals surface area (Å²) >= 11 is 0. The van der Waals surface area contributed by atoms with Crippen LogP contribution in [0.5, 0.6) is 0 Å². The first-order valence-corrected chi connectivity index (χ1v) is 12.2. The normalized spacial score (nSPS) is 20.0. The van der Waals surface area contributed by atoms with Gasteiger partial charge in [0.05, 0.1) is 16.8 Å². The lowest BCUT2D eigenvalue weighted by molar-refractivity contribution is 0.00578. The summed E-state index contributed by atoms with van der Waals surface area (Å²) < 4.78 is 19.4. The van der Waals surface area contributed by atoms with Gasteiger partial charge in [0.2, 0.25) is 0 Å². The zero-order chi connectivity index (χ0) is 22.9. The topological polar surface area (TPSA) is 27.7 Å². The van der Waals surface area contributed by atoms with E-state index < -0.39 is 21.8 Å². The monoisotopic (exact) mass is 433 g/mol. The summed E-state index contributed by atoms with van der Waals surface area (Å²) in [6.45, 7) is 18.8. The Morgan fingerprint density at radius 1 is 0.903 bits per heavy atom. The van der Waals surface area contributed by atoms with Gasteiger partial charge in [-0.2, -0.15) is 0 Å². The Bertz CT molecular complexity index is 884. The van der Waals surface area contributed by atoms with Gasteiger partial charge in [-0.1, -0.05) is 73.2 Å². The third-order valence-electron chi connectivity index (χ3n) is 6.60. The van der Waals surface area contributed by atoms with Crippen molar-refractivity contribution in [2.24, 2.45) is 0 Å². The van der Waals surface area contributed by atoms with Crippen LogP contribution >= 0.6 is 0 Å². The zero-order valence-electron chi connectivity index (χ0n) is 19.9. The minimum Gasteiger partial charge on any atom is -0.400 e. The van der Waals surface area contributed by atoms with Crippen molar-refractivity contribution in [1.82, 2.24) is 0 Å². The summed E-state index contributed by atoms with van der Waals surface area (Å²) in [6.07, 6.45) is 0. The SMILES string of the molecule is C=C(C)C(C)(O[Si](c1ccccc1)c1ccccc1)/C(C)=C/B1OC(C)(C)C(C)(C)O1. The summed E-state index contributed by atoms with van der Waals surface area (Å²) in [5.74, 6) is 2.04. The maximum atomic E-state index is 6.97. The maximum Gasteiger partial charge on any atom is 0.487 e. The van der Waals surface area contributed by atoms with Gasteiger partial charge in [-0.3, -0.25) is 0 Å². The molecule has 1 unspecified atom stereocenters. The third-order valence-corrected chi connectivity index (χ3v) is 8.93. The fraction of sp³-hybridized carbons (Fsp3) is 0.385. The molecule has 163 valence electrons. The predicted molar refractivity (Wildman–Crippen MR) is 132 cm³/mol. The number of rotatable bonds is 7. The third kappa shape index (κ3) is 4.96. The highest BCUT2D eigenvalue weighted by molar-refractivity contribution is 6.80. The molecule has 2 aromatic carbocycles. The average Bonchev–Trinajstić information content (AvgIpc) is 2.92. The molecule has 3 rings (SSSR count). The Labute approximate surface area is 190 Å². The van der Waals surface area contributed by atoms with Crippen LogP contribution in [0.3, 0.4) is 0 Å². The summed E-state index contributed by atoms with van der Waals surface area (Å²) in [7, 11) is -1.93. The minimum absolute atomic E-state index is 0.377. The van der Waals surface area contributed by atoms with Gasteiger partial charge >= 0.3 is 7.12 Å². The number of benzene rings is 2. The molecule has 31 heavy (non-hydrogen) atoms. The number of hydrogen-bond acceptors (Lipinski definition) is 3. The second-order valence-electron chi connectivity index (χ2n) is 9.45. The van der Waals surface area contributed by atoms with E-state index in [-0.39, 0.29) is 11.2 Å². The summed E-state index contributed by atoms with van der Waals surface area (Å²) in [4.78, 5) is 0. The van der Waals surface area contributed by atoms with Gasteiger partial charge in [-0.15, -0.1) is 0 Å². The van der Waals surface area contributed by atoms with Crippen LogP contribution in [0.4, 0.5) is 0 Å². The molecule has 0 amide bonds. The van der Waals surface area contributed by atoms with E-state index in [1.54, 1.807) is 0 Å². The molecule has 0 aliphatic carbocycles. The average molecular weight is 433 g/mol. The molecule has 2 aromatic rings. The van der Waals surface area contributed by atoms with E-state index >= 15 is 0 Å². The first-order chi connectivity index (χ1) is 14.5. The van der Waals surface area contributed by atoms with E-state index in [9.17, 15) is 0 Å². The molecule has 1 heterocycles. The molecule has 1 aliphatic heterocycles. The molecular formula is C26H34BO3Si. The molecular weight excluding hydrogens is 399 g/mol. The van der Waals surface area contributed by atoms with Gasteiger partial charge < -0.3 is 13.7 Å². The lowest BCUT2D eigenvalue weighted by Gasteiger charge is -2.36. The Morgan fingerprint density at radius 2 is 1.32 bits per heavy atom. The van der Waals surface area contributed by atoms with E-state index in [0.29, 0.717) is 0 Å². The summed E-state index contributed by atoms with van der Waals surface area (Å²) in [5.41, 5.74) is 0.583. The number of hydrogen-bond donors (Lipinski definition) is 0. The molecule has 1 aliphatic rings. The van der Waals surface area contributed by atoms with Crippen LogP contribution in [-0.4, -0.2) is 33.0 Å². The highest BCUT2D eigenvalue weighted by Gasteiger charge is 2.50. The Morgan fingerprint density at radius 3 is 1.71 bits per heavy atom. The summed E-state index contributed by atoms with van der Waals surface area (Å²) in [6, 6.07) is 20.9. The molecule has 1 saturated heterocycles. The van der Waals surface area contributed by atoms with Crippen LogP contribution in [0, 0.1) is 0 Å². The van der Waals surface area contributed by atoms with Gasteiger partial charge in [0.1, 0.15) is 0 Å². The van der Waals surface area contributed by atoms with Crippen LogP contribution in [0.15, 0.2) is 84.4 Å². The van der Waals surface area contributed by atoms with Crippen molar-refractivity contribution >= 4 is 26.5 Å².